The molecule has 6 nitrogen and oxygen atoms in total. The van der Waals surface area contributed by atoms with Gasteiger partial charge in [0.05, 0.1) is 6.26 Å². The van der Waals surface area contributed by atoms with Crippen LogP contribution in [0.3, 0.4) is 0 Å². The lowest BCUT2D eigenvalue weighted by Gasteiger charge is -2.29. The van der Waals surface area contributed by atoms with Gasteiger partial charge in [-0.3, -0.25) is 4.99 Å². The van der Waals surface area contributed by atoms with Gasteiger partial charge >= 0.3 is 0 Å². The first-order valence-corrected chi connectivity index (χ1v) is 9.16. The molecule has 1 aromatic rings. The van der Waals surface area contributed by atoms with E-state index < -0.39 is 15.6 Å². The maximum absolute atomic E-state index is 11.4. The fourth-order valence-electron chi connectivity index (χ4n) is 2.69. The third-order valence-corrected chi connectivity index (χ3v) is 4.43. The highest BCUT2D eigenvalue weighted by atomic mass is 32.2. The molecule has 22 heavy (non-hydrogen) atoms. The lowest BCUT2D eigenvalue weighted by atomic mass is 10.1. The molecule has 1 aliphatic rings. The molecule has 0 unspecified atom stereocenters. The van der Waals surface area contributed by atoms with Gasteiger partial charge in [0.1, 0.15) is 0 Å². The number of sulfonamides is 1. The van der Waals surface area contributed by atoms with Gasteiger partial charge in [-0.25, -0.2) is 13.1 Å². The molecule has 1 aliphatic heterocycles. The van der Waals surface area contributed by atoms with Crippen LogP contribution in [0.1, 0.15) is 19.4 Å². The van der Waals surface area contributed by atoms with Gasteiger partial charge in [-0.1, -0.05) is 18.2 Å². The van der Waals surface area contributed by atoms with Crippen molar-refractivity contribution in [3.63, 3.8) is 0 Å². The average molecular weight is 324 g/mol. The molecular weight excluding hydrogens is 300 g/mol. The molecule has 2 N–H and O–H groups in total. The highest BCUT2D eigenvalue weighted by Crippen LogP contribution is 2.27. The Balaban J connectivity index is 2.06. The van der Waals surface area contributed by atoms with Crippen LogP contribution in [-0.2, 0) is 16.4 Å². The largest absolute Gasteiger partial charge is 0.354 e. The van der Waals surface area contributed by atoms with Gasteiger partial charge in [-0.2, -0.15) is 0 Å². The number of para-hydroxylation sites is 1. The van der Waals surface area contributed by atoms with Crippen LogP contribution in [0.5, 0.6) is 0 Å². The molecule has 1 aromatic carbocycles. The van der Waals surface area contributed by atoms with E-state index in [-0.39, 0.29) is 0 Å². The molecule has 0 spiro atoms. The summed E-state index contributed by atoms with van der Waals surface area (Å²) in [6.07, 6.45) is 2.15. The quantitative estimate of drug-likeness (QED) is 0.639. The minimum atomic E-state index is -3.25. The molecule has 1 heterocycles. The molecule has 0 saturated carbocycles. The first kappa shape index (κ1) is 16.8. The van der Waals surface area contributed by atoms with Crippen LogP contribution in [0.4, 0.5) is 5.69 Å². The summed E-state index contributed by atoms with van der Waals surface area (Å²) in [5.74, 6) is 0.758. The smallest absolute Gasteiger partial charge is 0.209 e. The lowest BCUT2D eigenvalue weighted by molar-refractivity contribution is 0.448. The van der Waals surface area contributed by atoms with Crippen molar-refractivity contribution in [3.05, 3.63) is 29.8 Å². The van der Waals surface area contributed by atoms with Crippen LogP contribution in [0, 0.1) is 0 Å². The summed E-state index contributed by atoms with van der Waals surface area (Å²) in [7, 11) is -1.51. The van der Waals surface area contributed by atoms with E-state index in [0.717, 1.165) is 24.6 Å². The van der Waals surface area contributed by atoms with Crippen LogP contribution in [0.2, 0.25) is 0 Å². The van der Waals surface area contributed by atoms with Crippen LogP contribution < -0.4 is 14.9 Å². The van der Waals surface area contributed by atoms with E-state index in [4.69, 9.17) is 0 Å². The fraction of sp³-hybridized carbons (Fsp3) is 0.533. The zero-order valence-electron chi connectivity index (χ0n) is 13.5. The number of nitrogens with one attached hydrogen (secondary N) is 2. The summed E-state index contributed by atoms with van der Waals surface area (Å²) in [6, 6.07) is 8.25. The Morgan fingerprint density at radius 3 is 2.68 bits per heavy atom. The molecule has 122 valence electrons. The van der Waals surface area contributed by atoms with Crippen molar-refractivity contribution >= 4 is 21.7 Å². The monoisotopic (exact) mass is 324 g/mol. The average Bonchev–Trinajstić information content (AvgIpc) is 2.81. The molecule has 0 saturated heterocycles. The first-order chi connectivity index (χ1) is 10.2. The number of rotatable bonds is 4. The SMILES string of the molecule is CN=C(NCC(C)(C)NS(C)(=O)=O)N1CCc2ccccc21. The van der Waals surface area contributed by atoms with Crippen molar-refractivity contribution in [1.82, 2.24) is 10.0 Å². The topological polar surface area (TPSA) is 73.8 Å². The molecule has 2 rings (SSSR count). The standard InChI is InChI=1S/C15H24N4O2S/c1-15(2,18-22(4,20)21)11-17-14(16-3)19-10-9-12-7-5-6-8-13(12)19/h5-8,18H,9-11H2,1-4H3,(H,16,17). The summed E-state index contributed by atoms with van der Waals surface area (Å²) in [6.45, 7) is 5.00. The Hall–Kier alpha value is -1.60. The van der Waals surface area contributed by atoms with E-state index in [1.54, 1.807) is 7.05 Å². The maximum Gasteiger partial charge on any atom is 0.209 e. The number of anilines is 1. The number of nitrogens with zero attached hydrogens (tertiary/aromatic N) is 2. The van der Waals surface area contributed by atoms with Gasteiger partial charge in [-0.05, 0) is 31.9 Å². The van der Waals surface area contributed by atoms with Gasteiger partial charge in [-0.15, -0.1) is 0 Å². The fourth-order valence-corrected chi connectivity index (χ4v) is 3.77. The van der Waals surface area contributed by atoms with E-state index in [2.05, 4.69) is 32.1 Å². The van der Waals surface area contributed by atoms with Gasteiger partial charge in [0, 0.05) is 31.4 Å². The van der Waals surface area contributed by atoms with Gasteiger partial charge in [0.2, 0.25) is 10.0 Å². The van der Waals surface area contributed by atoms with E-state index in [0.29, 0.717) is 6.54 Å². The normalized spacial score (nSPS) is 15.8. The van der Waals surface area contributed by atoms with E-state index in [9.17, 15) is 8.42 Å². The Morgan fingerprint density at radius 2 is 2.05 bits per heavy atom. The highest BCUT2D eigenvalue weighted by molar-refractivity contribution is 7.88. The summed E-state index contributed by atoms with van der Waals surface area (Å²) in [4.78, 5) is 6.45. The van der Waals surface area contributed by atoms with Crippen LogP contribution in [-0.4, -0.2) is 46.3 Å². The second-order valence-corrected chi connectivity index (χ2v) is 7.94. The minimum Gasteiger partial charge on any atom is -0.354 e. The second kappa shape index (κ2) is 6.26. The summed E-state index contributed by atoms with van der Waals surface area (Å²) in [5, 5.41) is 3.26. The van der Waals surface area contributed by atoms with E-state index in [1.807, 2.05) is 26.0 Å². The molecule has 7 heteroatoms. The van der Waals surface area contributed by atoms with Gasteiger partial charge in [0.25, 0.3) is 0 Å². The first-order valence-electron chi connectivity index (χ1n) is 7.27. The third kappa shape index (κ3) is 4.20. The van der Waals surface area contributed by atoms with Gasteiger partial charge in [0.15, 0.2) is 5.96 Å². The van der Waals surface area contributed by atoms with Crippen molar-refractivity contribution in [2.75, 3.05) is 31.3 Å². The number of benzene rings is 1. The second-order valence-electron chi connectivity index (χ2n) is 6.19. The van der Waals surface area contributed by atoms with Crippen LogP contribution in [0.25, 0.3) is 0 Å². The molecule has 0 atom stereocenters. The van der Waals surface area contributed by atoms with Crippen molar-refractivity contribution in [1.29, 1.82) is 0 Å². The van der Waals surface area contributed by atoms with E-state index in [1.165, 1.54) is 11.8 Å². The Labute approximate surface area is 132 Å². The number of hydrogen-bond donors (Lipinski definition) is 2. The Kier molecular flexibility index (Phi) is 4.77. The highest BCUT2D eigenvalue weighted by Gasteiger charge is 2.26. The number of hydrogen-bond acceptors (Lipinski definition) is 3. The zero-order valence-corrected chi connectivity index (χ0v) is 14.4. The van der Waals surface area contributed by atoms with Crippen molar-refractivity contribution in [2.24, 2.45) is 4.99 Å². The van der Waals surface area contributed by atoms with Crippen molar-refractivity contribution in [2.45, 2.75) is 25.8 Å². The molecular formula is C15H24N4O2S. The molecule has 0 amide bonds. The number of guanidine groups is 1. The van der Waals surface area contributed by atoms with Crippen LogP contribution in [0.15, 0.2) is 29.3 Å². The van der Waals surface area contributed by atoms with Gasteiger partial charge < -0.3 is 10.2 Å². The predicted molar refractivity (Wildman–Crippen MR) is 90.9 cm³/mol. The Bertz CT molecular complexity index is 668. The summed E-state index contributed by atoms with van der Waals surface area (Å²) < 4.78 is 25.4. The number of fused-ring (bicyclic) bond motifs is 1. The lowest BCUT2D eigenvalue weighted by Crippen LogP contribution is -2.53. The summed E-state index contributed by atoms with van der Waals surface area (Å²) in [5.41, 5.74) is 1.87. The summed E-state index contributed by atoms with van der Waals surface area (Å²) >= 11 is 0. The molecule has 0 bridgehead atoms. The van der Waals surface area contributed by atoms with Crippen molar-refractivity contribution in [3.8, 4) is 0 Å². The molecule has 0 aliphatic carbocycles. The molecule has 0 radical (unpaired) electrons. The van der Waals surface area contributed by atoms with E-state index >= 15 is 0 Å². The Morgan fingerprint density at radius 1 is 1.36 bits per heavy atom. The molecule has 0 aromatic heterocycles. The number of aliphatic imine (C=N–C) groups is 1. The zero-order chi connectivity index (χ0) is 16.4. The third-order valence-electron chi connectivity index (χ3n) is 3.50. The maximum atomic E-state index is 11.4. The minimum absolute atomic E-state index is 0.450. The van der Waals surface area contributed by atoms with Crippen LogP contribution >= 0.6 is 0 Å². The molecule has 0 fully saturated rings. The predicted octanol–water partition coefficient (Wildman–Crippen LogP) is 0.952. The van der Waals surface area contributed by atoms with Crippen molar-refractivity contribution < 1.29 is 8.42 Å².